The maximum absolute atomic E-state index is 13.3. The molecule has 0 bridgehead atoms. The molecule has 142 valence electrons. The molecule has 0 radical (unpaired) electrons. The number of aromatic nitrogens is 2. The number of nitrogens with one attached hydrogen (secondary N) is 1. The zero-order valence-corrected chi connectivity index (χ0v) is 16.4. The molecular formula is C18H19FN4O2S2. The number of hydrogen-bond donors (Lipinski definition) is 1. The van der Waals surface area contributed by atoms with Gasteiger partial charge in [-0.05, 0) is 44.0 Å². The molecule has 0 spiro atoms. The number of hydrogen-bond acceptors (Lipinski definition) is 6. The maximum Gasteiger partial charge on any atom is 0.244 e. The Kier molecular flexibility index (Phi) is 4.83. The number of halogens is 1. The number of thiophene rings is 1. The zero-order valence-electron chi connectivity index (χ0n) is 14.8. The summed E-state index contributed by atoms with van der Waals surface area (Å²) in [6.07, 6.45) is 4.20. The Morgan fingerprint density at radius 2 is 1.81 bits per heavy atom. The molecule has 3 aromatic rings. The van der Waals surface area contributed by atoms with Crippen LogP contribution in [-0.2, 0) is 10.0 Å². The van der Waals surface area contributed by atoms with Crippen molar-refractivity contribution in [3.8, 4) is 0 Å². The van der Waals surface area contributed by atoms with Crippen LogP contribution in [-0.4, -0.2) is 35.8 Å². The number of anilines is 2. The fourth-order valence-corrected chi connectivity index (χ4v) is 6.53. The minimum atomic E-state index is -3.63. The highest BCUT2D eigenvalue weighted by Crippen LogP contribution is 2.39. The Morgan fingerprint density at radius 3 is 2.52 bits per heavy atom. The van der Waals surface area contributed by atoms with Crippen molar-refractivity contribution in [3.05, 3.63) is 41.3 Å². The summed E-state index contributed by atoms with van der Waals surface area (Å²) in [5, 5.41) is 3.60. The number of aryl methyl sites for hydroxylation is 1. The molecule has 0 atom stereocenters. The molecule has 3 heterocycles. The van der Waals surface area contributed by atoms with Crippen LogP contribution in [0.1, 0.15) is 24.1 Å². The van der Waals surface area contributed by atoms with Crippen molar-refractivity contribution in [1.29, 1.82) is 0 Å². The summed E-state index contributed by atoms with van der Waals surface area (Å²) in [6.45, 7) is 2.87. The van der Waals surface area contributed by atoms with Crippen LogP contribution in [0.5, 0.6) is 0 Å². The standard InChI is InChI=1S/C18H19FN4O2S2/c1-12-16(27(24,25)23-9-3-2-4-10-23)15-17(20-11-21-18(15)26-12)22-14-7-5-13(19)6-8-14/h5-8,11H,2-4,9-10H2,1H3,(H,20,21,22). The summed E-state index contributed by atoms with van der Waals surface area (Å²) in [5.41, 5.74) is 0.626. The van der Waals surface area contributed by atoms with Crippen LogP contribution in [0, 0.1) is 12.7 Å². The largest absolute Gasteiger partial charge is 0.340 e. The number of piperidine rings is 1. The molecule has 1 aliphatic heterocycles. The first-order chi connectivity index (χ1) is 13.0. The van der Waals surface area contributed by atoms with Gasteiger partial charge in [-0.3, -0.25) is 0 Å². The topological polar surface area (TPSA) is 75.2 Å². The van der Waals surface area contributed by atoms with Crippen molar-refractivity contribution in [2.75, 3.05) is 18.4 Å². The van der Waals surface area contributed by atoms with Gasteiger partial charge in [0.2, 0.25) is 10.0 Å². The molecule has 0 amide bonds. The second kappa shape index (κ2) is 7.14. The van der Waals surface area contributed by atoms with E-state index in [-0.39, 0.29) is 10.7 Å². The predicted molar refractivity (Wildman–Crippen MR) is 104 cm³/mol. The van der Waals surface area contributed by atoms with E-state index in [1.807, 2.05) is 0 Å². The van der Waals surface area contributed by atoms with Crippen LogP contribution in [0.2, 0.25) is 0 Å². The number of nitrogens with zero attached hydrogens (tertiary/aromatic N) is 3. The molecule has 0 aliphatic carbocycles. The molecule has 0 saturated carbocycles. The van der Waals surface area contributed by atoms with Crippen LogP contribution in [0.15, 0.2) is 35.5 Å². The molecule has 6 nitrogen and oxygen atoms in total. The van der Waals surface area contributed by atoms with Crippen LogP contribution >= 0.6 is 11.3 Å². The van der Waals surface area contributed by atoms with E-state index >= 15 is 0 Å². The number of fused-ring (bicyclic) bond motifs is 1. The monoisotopic (exact) mass is 406 g/mol. The summed E-state index contributed by atoms with van der Waals surface area (Å²) in [4.78, 5) is 10.1. The molecule has 1 fully saturated rings. The average molecular weight is 407 g/mol. The quantitative estimate of drug-likeness (QED) is 0.707. The summed E-state index contributed by atoms with van der Waals surface area (Å²) >= 11 is 1.34. The Hall–Kier alpha value is -2.10. The lowest BCUT2D eigenvalue weighted by molar-refractivity contribution is 0.347. The van der Waals surface area contributed by atoms with E-state index in [2.05, 4.69) is 15.3 Å². The molecule has 4 rings (SSSR count). The Morgan fingerprint density at radius 1 is 1.11 bits per heavy atom. The van der Waals surface area contributed by atoms with Crippen LogP contribution in [0.4, 0.5) is 15.9 Å². The van der Waals surface area contributed by atoms with Crippen molar-refractivity contribution in [1.82, 2.24) is 14.3 Å². The third-order valence-electron chi connectivity index (χ3n) is 4.63. The van der Waals surface area contributed by atoms with Crippen molar-refractivity contribution in [2.45, 2.75) is 31.1 Å². The van der Waals surface area contributed by atoms with Gasteiger partial charge in [0.1, 0.15) is 27.7 Å². The van der Waals surface area contributed by atoms with Gasteiger partial charge in [0.05, 0.1) is 5.39 Å². The first-order valence-corrected chi connectivity index (χ1v) is 11.0. The van der Waals surface area contributed by atoms with E-state index in [0.717, 1.165) is 19.3 Å². The molecule has 1 N–H and O–H groups in total. The third-order valence-corrected chi connectivity index (χ3v) is 7.84. The molecule has 2 aromatic heterocycles. The first kappa shape index (κ1) is 18.3. The summed E-state index contributed by atoms with van der Waals surface area (Å²) < 4.78 is 41.4. The van der Waals surface area contributed by atoms with Gasteiger partial charge in [-0.25, -0.2) is 22.8 Å². The van der Waals surface area contributed by atoms with Crippen molar-refractivity contribution in [2.24, 2.45) is 0 Å². The van der Waals surface area contributed by atoms with Crippen molar-refractivity contribution >= 4 is 43.1 Å². The van der Waals surface area contributed by atoms with E-state index in [1.54, 1.807) is 23.4 Å². The van der Waals surface area contributed by atoms with Gasteiger partial charge in [0.25, 0.3) is 0 Å². The summed E-state index contributed by atoms with van der Waals surface area (Å²) in [5.74, 6) is 0.0691. The lowest BCUT2D eigenvalue weighted by atomic mass is 10.2. The van der Waals surface area contributed by atoms with Crippen LogP contribution < -0.4 is 5.32 Å². The zero-order chi connectivity index (χ0) is 19.0. The smallest absolute Gasteiger partial charge is 0.244 e. The molecule has 1 saturated heterocycles. The number of benzene rings is 1. The first-order valence-electron chi connectivity index (χ1n) is 8.73. The molecule has 27 heavy (non-hydrogen) atoms. The lowest BCUT2D eigenvalue weighted by Crippen LogP contribution is -2.35. The molecular weight excluding hydrogens is 387 g/mol. The van der Waals surface area contributed by atoms with Gasteiger partial charge in [-0.2, -0.15) is 4.31 Å². The van der Waals surface area contributed by atoms with Gasteiger partial charge in [0.15, 0.2) is 0 Å². The van der Waals surface area contributed by atoms with Gasteiger partial charge in [-0.15, -0.1) is 11.3 Å². The Balaban J connectivity index is 1.83. The number of rotatable bonds is 4. The minimum Gasteiger partial charge on any atom is -0.340 e. The summed E-state index contributed by atoms with van der Waals surface area (Å²) in [6, 6.07) is 5.85. The summed E-state index contributed by atoms with van der Waals surface area (Å²) in [7, 11) is -3.63. The predicted octanol–water partition coefficient (Wildman–Crippen LogP) is 4.06. The fraction of sp³-hybridized carbons (Fsp3) is 0.333. The van der Waals surface area contributed by atoms with Crippen LogP contribution in [0.3, 0.4) is 0 Å². The highest BCUT2D eigenvalue weighted by Gasteiger charge is 2.32. The van der Waals surface area contributed by atoms with E-state index in [1.165, 1.54) is 29.8 Å². The second-order valence-corrected chi connectivity index (χ2v) is 9.56. The SMILES string of the molecule is Cc1sc2ncnc(Nc3ccc(F)cc3)c2c1S(=O)(=O)N1CCCCC1. The van der Waals surface area contributed by atoms with Gasteiger partial charge in [0, 0.05) is 23.7 Å². The van der Waals surface area contributed by atoms with Crippen LogP contribution in [0.25, 0.3) is 10.2 Å². The molecule has 1 aromatic carbocycles. The molecule has 1 aliphatic rings. The molecule has 9 heteroatoms. The van der Waals surface area contributed by atoms with E-state index in [9.17, 15) is 12.8 Å². The number of sulfonamides is 1. The van der Waals surface area contributed by atoms with E-state index in [0.29, 0.717) is 39.7 Å². The van der Waals surface area contributed by atoms with Crippen molar-refractivity contribution < 1.29 is 12.8 Å². The highest BCUT2D eigenvalue weighted by atomic mass is 32.2. The Bertz CT molecular complexity index is 1070. The normalized spacial score (nSPS) is 15.9. The second-order valence-electron chi connectivity index (χ2n) is 6.49. The van der Waals surface area contributed by atoms with E-state index in [4.69, 9.17) is 0 Å². The molecule has 0 unspecified atom stereocenters. The maximum atomic E-state index is 13.3. The highest BCUT2D eigenvalue weighted by molar-refractivity contribution is 7.89. The van der Waals surface area contributed by atoms with Gasteiger partial charge >= 0.3 is 0 Å². The van der Waals surface area contributed by atoms with Crippen molar-refractivity contribution in [3.63, 3.8) is 0 Å². The fourth-order valence-electron chi connectivity index (χ4n) is 3.33. The Labute approximate surface area is 161 Å². The average Bonchev–Trinajstić information content (AvgIpc) is 3.02. The van der Waals surface area contributed by atoms with Gasteiger partial charge < -0.3 is 5.32 Å². The third kappa shape index (κ3) is 3.42. The lowest BCUT2D eigenvalue weighted by Gasteiger charge is -2.26. The van der Waals surface area contributed by atoms with Gasteiger partial charge in [-0.1, -0.05) is 6.42 Å². The van der Waals surface area contributed by atoms with E-state index < -0.39 is 10.0 Å². The minimum absolute atomic E-state index is 0.273.